The first-order valence-corrected chi connectivity index (χ1v) is 6.34. The van der Waals surface area contributed by atoms with E-state index < -0.39 is 5.97 Å². The molecule has 0 fully saturated rings. The van der Waals surface area contributed by atoms with E-state index in [2.05, 4.69) is 5.32 Å². The smallest absolute Gasteiger partial charge is 0.335 e. The average Bonchev–Trinajstić information content (AvgIpc) is 2.43. The van der Waals surface area contributed by atoms with E-state index in [1.165, 1.54) is 6.07 Å². The minimum Gasteiger partial charge on any atom is -0.478 e. The Labute approximate surface area is 117 Å². The van der Waals surface area contributed by atoms with Gasteiger partial charge in [-0.3, -0.25) is 0 Å². The molecule has 2 N–H and O–H groups in total. The highest BCUT2D eigenvalue weighted by Gasteiger charge is 2.03. The third-order valence-electron chi connectivity index (χ3n) is 3.05. The first-order valence-electron chi connectivity index (χ1n) is 6.34. The lowest BCUT2D eigenvalue weighted by atomic mass is 10.1. The van der Waals surface area contributed by atoms with Gasteiger partial charge in [0.05, 0.1) is 5.56 Å². The van der Waals surface area contributed by atoms with Crippen LogP contribution in [-0.2, 0) is 13.1 Å². The molecule has 0 saturated heterocycles. The minimum absolute atomic E-state index is 0.206. The maximum Gasteiger partial charge on any atom is 0.335 e. The summed E-state index contributed by atoms with van der Waals surface area (Å²) < 4.78 is 13.1. The second-order valence-electron chi connectivity index (χ2n) is 4.69. The van der Waals surface area contributed by atoms with E-state index in [1.54, 1.807) is 37.3 Å². The number of hydrogen-bond donors (Lipinski definition) is 2. The van der Waals surface area contributed by atoms with Gasteiger partial charge >= 0.3 is 5.97 Å². The molecule has 0 aromatic heterocycles. The largest absolute Gasteiger partial charge is 0.478 e. The van der Waals surface area contributed by atoms with Crippen LogP contribution >= 0.6 is 0 Å². The van der Waals surface area contributed by atoms with Crippen molar-refractivity contribution in [3.05, 3.63) is 70.5 Å². The number of carbonyl (C=O) groups is 1. The van der Waals surface area contributed by atoms with Gasteiger partial charge in [0.2, 0.25) is 0 Å². The quantitative estimate of drug-likeness (QED) is 0.880. The molecule has 0 heterocycles. The molecule has 2 aromatic carbocycles. The predicted molar refractivity (Wildman–Crippen MR) is 75.1 cm³/mol. The Bertz CT molecular complexity index is 626. The molecular formula is C16H16FNO2. The molecule has 0 bridgehead atoms. The van der Waals surface area contributed by atoms with Crippen molar-refractivity contribution >= 4 is 5.97 Å². The molecule has 104 valence electrons. The Kier molecular flexibility index (Phi) is 4.48. The third-order valence-corrected chi connectivity index (χ3v) is 3.05. The summed E-state index contributed by atoms with van der Waals surface area (Å²) in [5.41, 5.74) is 2.81. The SMILES string of the molecule is Cc1cc(CNCc2cccc(C(=O)O)c2)ccc1F. The zero-order valence-electron chi connectivity index (χ0n) is 11.2. The van der Waals surface area contributed by atoms with Crippen LogP contribution in [0.1, 0.15) is 27.0 Å². The van der Waals surface area contributed by atoms with Gasteiger partial charge in [-0.05, 0) is 41.8 Å². The number of carboxylic acids is 1. The molecule has 0 amide bonds. The molecule has 2 rings (SSSR count). The van der Waals surface area contributed by atoms with Crippen molar-refractivity contribution in [1.29, 1.82) is 0 Å². The zero-order valence-corrected chi connectivity index (χ0v) is 11.2. The summed E-state index contributed by atoms with van der Waals surface area (Å²) in [4.78, 5) is 10.9. The van der Waals surface area contributed by atoms with E-state index in [0.29, 0.717) is 18.7 Å². The number of aryl methyl sites for hydroxylation is 1. The van der Waals surface area contributed by atoms with Gasteiger partial charge in [-0.25, -0.2) is 9.18 Å². The number of rotatable bonds is 5. The van der Waals surface area contributed by atoms with Crippen molar-refractivity contribution in [3.63, 3.8) is 0 Å². The van der Waals surface area contributed by atoms with Crippen LogP contribution in [-0.4, -0.2) is 11.1 Å². The van der Waals surface area contributed by atoms with Crippen molar-refractivity contribution in [1.82, 2.24) is 5.32 Å². The van der Waals surface area contributed by atoms with E-state index in [9.17, 15) is 9.18 Å². The monoisotopic (exact) mass is 273 g/mol. The van der Waals surface area contributed by atoms with Crippen LogP contribution in [0.25, 0.3) is 0 Å². The van der Waals surface area contributed by atoms with Gasteiger partial charge in [0.15, 0.2) is 0 Å². The molecule has 0 aliphatic heterocycles. The van der Waals surface area contributed by atoms with Gasteiger partial charge in [-0.1, -0.05) is 24.3 Å². The highest BCUT2D eigenvalue weighted by atomic mass is 19.1. The molecule has 0 saturated carbocycles. The Hall–Kier alpha value is -2.20. The fourth-order valence-electron chi connectivity index (χ4n) is 1.98. The Morgan fingerprint density at radius 3 is 2.50 bits per heavy atom. The number of carboxylic acid groups (broad SMARTS) is 1. The number of nitrogens with one attached hydrogen (secondary N) is 1. The van der Waals surface area contributed by atoms with Crippen molar-refractivity contribution in [2.75, 3.05) is 0 Å². The van der Waals surface area contributed by atoms with Crippen LogP contribution in [0, 0.1) is 12.7 Å². The van der Waals surface area contributed by atoms with Crippen LogP contribution in [0.2, 0.25) is 0 Å². The van der Waals surface area contributed by atoms with Gasteiger partial charge in [-0.15, -0.1) is 0 Å². The summed E-state index contributed by atoms with van der Waals surface area (Å²) in [7, 11) is 0. The van der Waals surface area contributed by atoms with E-state index in [0.717, 1.165) is 11.1 Å². The first-order chi connectivity index (χ1) is 9.56. The number of benzene rings is 2. The number of aromatic carboxylic acids is 1. The first kappa shape index (κ1) is 14.2. The summed E-state index contributed by atoms with van der Waals surface area (Å²) in [5, 5.41) is 12.1. The van der Waals surface area contributed by atoms with Gasteiger partial charge < -0.3 is 10.4 Å². The minimum atomic E-state index is -0.930. The highest BCUT2D eigenvalue weighted by Crippen LogP contribution is 2.10. The average molecular weight is 273 g/mol. The molecule has 0 aliphatic rings. The van der Waals surface area contributed by atoms with Crippen LogP contribution in [0.3, 0.4) is 0 Å². The molecule has 0 aliphatic carbocycles. The Balaban J connectivity index is 1.94. The van der Waals surface area contributed by atoms with Gasteiger partial charge in [0, 0.05) is 13.1 Å². The lowest BCUT2D eigenvalue weighted by Gasteiger charge is -2.07. The van der Waals surface area contributed by atoms with E-state index in [-0.39, 0.29) is 11.4 Å². The molecule has 4 heteroatoms. The van der Waals surface area contributed by atoms with Crippen molar-refractivity contribution in [2.24, 2.45) is 0 Å². The van der Waals surface area contributed by atoms with Crippen molar-refractivity contribution in [3.8, 4) is 0 Å². The van der Waals surface area contributed by atoms with Crippen LogP contribution in [0.15, 0.2) is 42.5 Å². The maximum absolute atomic E-state index is 13.1. The molecule has 0 spiro atoms. The number of halogens is 1. The van der Waals surface area contributed by atoms with Crippen molar-refractivity contribution < 1.29 is 14.3 Å². The van der Waals surface area contributed by atoms with Gasteiger partial charge in [0.1, 0.15) is 5.82 Å². The fourth-order valence-corrected chi connectivity index (χ4v) is 1.98. The fraction of sp³-hybridized carbons (Fsp3) is 0.188. The standard InChI is InChI=1S/C16H16FNO2/c1-11-7-13(5-6-15(11)17)10-18-9-12-3-2-4-14(8-12)16(19)20/h2-8,18H,9-10H2,1H3,(H,19,20). The third kappa shape index (κ3) is 3.65. The molecule has 0 atom stereocenters. The summed E-state index contributed by atoms with van der Waals surface area (Å²) in [6, 6.07) is 11.8. The van der Waals surface area contributed by atoms with Crippen LogP contribution < -0.4 is 5.32 Å². The van der Waals surface area contributed by atoms with E-state index in [1.807, 2.05) is 6.07 Å². The molecule has 0 radical (unpaired) electrons. The molecule has 0 unspecified atom stereocenters. The molecule has 3 nitrogen and oxygen atoms in total. The number of hydrogen-bond acceptors (Lipinski definition) is 2. The van der Waals surface area contributed by atoms with Crippen LogP contribution in [0.4, 0.5) is 4.39 Å². The molecule has 20 heavy (non-hydrogen) atoms. The van der Waals surface area contributed by atoms with E-state index >= 15 is 0 Å². The second-order valence-corrected chi connectivity index (χ2v) is 4.69. The van der Waals surface area contributed by atoms with Crippen molar-refractivity contribution in [2.45, 2.75) is 20.0 Å². The zero-order chi connectivity index (χ0) is 14.5. The summed E-state index contributed by atoms with van der Waals surface area (Å²) in [6.45, 7) is 2.91. The maximum atomic E-state index is 13.1. The van der Waals surface area contributed by atoms with Gasteiger partial charge in [-0.2, -0.15) is 0 Å². The molecule has 2 aromatic rings. The lowest BCUT2D eigenvalue weighted by Crippen LogP contribution is -2.13. The second kappa shape index (κ2) is 6.30. The Morgan fingerprint density at radius 2 is 1.85 bits per heavy atom. The summed E-state index contributed by atoms with van der Waals surface area (Å²) >= 11 is 0. The normalized spacial score (nSPS) is 10.5. The topological polar surface area (TPSA) is 49.3 Å². The van der Waals surface area contributed by atoms with E-state index in [4.69, 9.17) is 5.11 Å². The van der Waals surface area contributed by atoms with Crippen LogP contribution in [0.5, 0.6) is 0 Å². The predicted octanol–water partition coefficient (Wildman–Crippen LogP) is 3.12. The lowest BCUT2D eigenvalue weighted by molar-refractivity contribution is 0.0696. The Morgan fingerprint density at radius 1 is 1.15 bits per heavy atom. The molecular weight excluding hydrogens is 257 g/mol. The van der Waals surface area contributed by atoms with Gasteiger partial charge in [0.25, 0.3) is 0 Å². The highest BCUT2D eigenvalue weighted by molar-refractivity contribution is 5.87. The summed E-state index contributed by atoms with van der Waals surface area (Å²) in [5.74, 6) is -1.14. The summed E-state index contributed by atoms with van der Waals surface area (Å²) in [6.07, 6.45) is 0.